The Labute approximate surface area is 214 Å². The van der Waals surface area contributed by atoms with Gasteiger partial charge in [-0.05, 0) is 41.7 Å². The van der Waals surface area contributed by atoms with Gasteiger partial charge in [0.25, 0.3) is 0 Å². The minimum absolute atomic E-state index is 0.00301. The number of aryl methyl sites for hydroxylation is 1. The molecule has 1 atom stereocenters. The van der Waals surface area contributed by atoms with E-state index in [-0.39, 0.29) is 18.4 Å². The van der Waals surface area contributed by atoms with Gasteiger partial charge in [-0.15, -0.1) is 0 Å². The molecule has 4 aromatic rings. The zero-order chi connectivity index (χ0) is 25.2. The molecule has 0 spiro atoms. The number of rotatable bonds is 6. The van der Waals surface area contributed by atoms with E-state index in [4.69, 9.17) is 17.3 Å². The lowest BCUT2D eigenvalue weighted by Gasteiger charge is -2.35. The molecule has 0 radical (unpaired) electrons. The molecular formula is C28H28ClN5O2. The molecular weight excluding hydrogens is 474 g/mol. The smallest absolute Gasteiger partial charge is 0.246 e. The van der Waals surface area contributed by atoms with E-state index in [1.54, 1.807) is 16.0 Å². The van der Waals surface area contributed by atoms with Crippen molar-refractivity contribution in [1.82, 2.24) is 14.9 Å². The summed E-state index contributed by atoms with van der Waals surface area (Å²) in [5.74, 6) is -0.345. The number of aromatic nitrogens is 2. The molecule has 2 aromatic heterocycles. The van der Waals surface area contributed by atoms with E-state index >= 15 is 0 Å². The number of H-pyrrole nitrogens is 1. The number of carbonyl (C=O) groups is 2. The molecule has 3 N–H and O–H groups in total. The molecule has 36 heavy (non-hydrogen) atoms. The van der Waals surface area contributed by atoms with Crippen LogP contribution in [0.15, 0.2) is 67.0 Å². The monoisotopic (exact) mass is 501 g/mol. The van der Waals surface area contributed by atoms with Crippen molar-refractivity contribution in [2.75, 3.05) is 24.5 Å². The van der Waals surface area contributed by atoms with Crippen LogP contribution in [-0.2, 0) is 22.4 Å². The average molecular weight is 502 g/mol. The normalized spacial score (nSPS) is 14.9. The first-order valence-corrected chi connectivity index (χ1v) is 12.5. The number of anilines is 1. The van der Waals surface area contributed by atoms with Gasteiger partial charge < -0.3 is 20.5 Å². The number of fused-ring (bicyclic) bond motifs is 1. The summed E-state index contributed by atoms with van der Waals surface area (Å²) in [6.07, 6.45) is 4.98. The van der Waals surface area contributed by atoms with E-state index < -0.39 is 6.04 Å². The van der Waals surface area contributed by atoms with Crippen LogP contribution in [0.5, 0.6) is 0 Å². The number of nitrogens with two attached hydrogens (primary N) is 1. The Morgan fingerprint density at radius 2 is 1.97 bits per heavy atom. The van der Waals surface area contributed by atoms with Crippen LogP contribution in [0.1, 0.15) is 18.1 Å². The summed E-state index contributed by atoms with van der Waals surface area (Å²) in [5, 5.41) is 1.57. The molecule has 0 unspecified atom stereocenters. The number of hydrogen-bond donors (Lipinski definition) is 2. The van der Waals surface area contributed by atoms with Crippen LogP contribution in [0.25, 0.3) is 22.2 Å². The van der Waals surface area contributed by atoms with Crippen LogP contribution in [0.3, 0.4) is 0 Å². The Kier molecular flexibility index (Phi) is 6.76. The zero-order valence-electron chi connectivity index (χ0n) is 20.1. The van der Waals surface area contributed by atoms with Crippen molar-refractivity contribution in [1.29, 1.82) is 0 Å². The number of carbonyl (C=O) groups excluding carboxylic acids is 2. The molecule has 5 rings (SSSR count). The third kappa shape index (κ3) is 4.59. The van der Waals surface area contributed by atoms with Crippen LogP contribution < -0.4 is 10.6 Å². The van der Waals surface area contributed by atoms with E-state index in [1.165, 1.54) is 0 Å². The lowest BCUT2D eigenvalue weighted by Crippen LogP contribution is -2.56. The summed E-state index contributed by atoms with van der Waals surface area (Å²) < 4.78 is 0. The van der Waals surface area contributed by atoms with Crippen molar-refractivity contribution in [3.05, 3.63) is 83.1 Å². The molecule has 2 aromatic carbocycles. The van der Waals surface area contributed by atoms with Gasteiger partial charge in [0.15, 0.2) is 0 Å². The lowest BCUT2D eigenvalue weighted by atomic mass is 10.0. The first-order valence-electron chi connectivity index (χ1n) is 12.1. The van der Waals surface area contributed by atoms with Gasteiger partial charge in [-0.2, -0.15) is 0 Å². The molecule has 8 heteroatoms. The van der Waals surface area contributed by atoms with E-state index in [0.29, 0.717) is 24.5 Å². The minimum atomic E-state index is -0.680. The molecule has 0 aliphatic carbocycles. The number of aromatic amines is 1. The minimum Gasteiger partial charge on any atom is -0.346 e. The second kappa shape index (κ2) is 10.1. The van der Waals surface area contributed by atoms with Gasteiger partial charge in [0.2, 0.25) is 11.8 Å². The van der Waals surface area contributed by atoms with E-state index in [2.05, 4.69) is 16.9 Å². The SMILES string of the molecule is CCc1c[nH]c2ncc(-c3cccc(N4CCN(C(=O)[C@@H](N)Cc5ccccc5)CC4=O)c3)c(Cl)c12. The van der Waals surface area contributed by atoms with Gasteiger partial charge in [-0.1, -0.05) is 61.0 Å². The van der Waals surface area contributed by atoms with Gasteiger partial charge in [0.1, 0.15) is 12.2 Å². The Morgan fingerprint density at radius 1 is 1.17 bits per heavy atom. The fourth-order valence-electron chi connectivity index (χ4n) is 4.76. The highest BCUT2D eigenvalue weighted by Gasteiger charge is 2.30. The highest BCUT2D eigenvalue weighted by atomic mass is 35.5. The van der Waals surface area contributed by atoms with Crippen molar-refractivity contribution in [3.63, 3.8) is 0 Å². The van der Waals surface area contributed by atoms with Gasteiger partial charge in [-0.3, -0.25) is 9.59 Å². The third-order valence-corrected chi connectivity index (χ3v) is 7.11. The molecule has 7 nitrogen and oxygen atoms in total. The Balaban J connectivity index is 1.32. The van der Waals surface area contributed by atoms with Crippen LogP contribution >= 0.6 is 11.6 Å². The maximum atomic E-state index is 13.1. The molecule has 3 heterocycles. The number of piperazine rings is 1. The second-order valence-corrected chi connectivity index (χ2v) is 9.41. The summed E-state index contributed by atoms with van der Waals surface area (Å²) >= 11 is 6.81. The summed E-state index contributed by atoms with van der Waals surface area (Å²) in [4.78, 5) is 37.0. The largest absolute Gasteiger partial charge is 0.346 e. The topological polar surface area (TPSA) is 95.3 Å². The lowest BCUT2D eigenvalue weighted by molar-refractivity contribution is -0.137. The molecule has 0 bridgehead atoms. The second-order valence-electron chi connectivity index (χ2n) is 9.03. The Hall–Kier alpha value is -3.68. The van der Waals surface area contributed by atoms with E-state index in [0.717, 1.165) is 45.4 Å². The van der Waals surface area contributed by atoms with E-state index in [9.17, 15) is 9.59 Å². The maximum Gasteiger partial charge on any atom is 0.246 e. The van der Waals surface area contributed by atoms with Crippen LogP contribution in [0.2, 0.25) is 5.02 Å². The number of nitrogens with one attached hydrogen (secondary N) is 1. The van der Waals surface area contributed by atoms with Crippen molar-refractivity contribution in [2.24, 2.45) is 5.73 Å². The van der Waals surface area contributed by atoms with Crippen LogP contribution in [-0.4, -0.2) is 52.4 Å². The van der Waals surface area contributed by atoms with Gasteiger partial charge >= 0.3 is 0 Å². The number of amides is 2. The van der Waals surface area contributed by atoms with Crippen molar-refractivity contribution in [3.8, 4) is 11.1 Å². The van der Waals surface area contributed by atoms with Crippen molar-refractivity contribution >= 4 is 40.1 Å². The van der Waals surface area contributed by atoms with Gasteiger partial charge in [0.05, 0.1) is 11.1 Å². The van der Waals surface area contributed by atoms with E-state index in [1.807, 2.05) is 60.8 Å². The van der Waals surface area contributed by atoms with Crippen LogP contribution in [0.4, 0.5) is 5.69 Å². The van der Waals surface area contributed by atoms with Crippen molar-refractivity contribution < 1.29 is 9.59 Å². The molecule has 1 aliphatic heterocycles. The number of halogens is 1. The highest BCUT2D eigenvalue weighted by Crippen LogP contribution is 2.36. The van der Waals surface area contributed by atoms with Crippen LogP contribution in [0, 0.1) is 0 Å². The fourth-order valence-corrected chi connectivity index (χ4v) is 5.13. The zero-order valence-corrected chi connectivity index (χ0v) is 20.8. The van der Waals surface area contributed by atoms with Gasteiger partial charge in [0, 0.05) is 42.1 Å². The number of nitrogens with zero attached hydrogens (tertiary/aromatic N) is 3. The molecule has 1 aliphatic rings. The maximum absolute atomic E-state index is 13.1. The fraction of sp³-hybridized carbons (Fsp3) is 0.250. The average Bonchev–Trinajstić information content (AvgIpc) is 3.33. The summed E-state index contributed by atoms with van der Waals surface area (Å²) in [7, 11) is 0. The summed E-state index contributed by atoms with van der Waals surface area (Å²) in [6, 6.07) is 16.7. The first kappa shape index (κ1) is 24.0. The summed E-state index contributed by atoms with van der Waals surface area (Å²) in [6.45, 7) is 2.91. The Morgan fingerprint density at radius 3 is 2.72 bits per heavy atom. The molecule has 184 valence electrons. The predicted molar refractivity (Wildman–Crippen MR) is 143 cm³/mol. The quantitative estimate of drug-likeness (QED) is 0.414. The van der Waals surface area contributed by atoms with Gasteiger partial charge in [-0.25, -0.2) is 4.98 Å². The molecule has 2 amide bonds. The van der Waals surface area contributed by atoms with Crippen molar-refractivity contribution in [2.45, 2.75) is 25.8 Å². The Bertz CT molecular complexity index is 1420. The molecule has 1 fully saturated rings. The first-order chi connectivity index (χ1) is 17.5. The number of pyridine rings is 1. The standard InChI is InChI=1S/C28H28ClN5O2/c1-2-19-15-31-27-25(19)26(29)22(16-32-27)20-9-6-10-21(14-20)34-12-11-33(17-24(34)35)28(36)23(30)13-18-7-4-3-5-8-18/h3-10,14-16,23H,2,11-13,17,30H2,1H3,(H,31,32)/t23-/m0/s1. The number of benzene rings is 2. The summed E-state index contributed by atoms with van der Waals surface area (Å²) in [5.41, 5.74) is 11.5. The third-order valence-electron chi connectivity index (χ3n) is 6.72. The molecule has 0 saturated carbocycles. The molecule has 1 saturated heterocycles. The highest BCUT2D eigenvalue weighted by molar-refractivity contribution is 6.38. The number of hydrogen-bond acceptors (Lipinski definition) is 4. The predicted octanol–water partition coefficient (Wildman–Crippen LogP) is 4.19.